The third kappa shape index (κ3) is 5.11. The summed E-state index contributed by atoms with van der Waals surface area (Å²) in [7, 11) is 3.43. The molecule has 1 unspecified atom stereocenters. The van der Waals surface area contributed by atoms with Gasteiger partial charge in [0.2, 0.25) is 5.91 Å². The largest absolute Gasteiger partial charge is 0.465 e. The molecular weight excluding hydrogens is 208 g/mol. The third-order valence-electron chi connectivity index (χ3n) is 2.45. The van der Waals surface area contributed by atoms with Gasteiger partial charge in [0.05, 0.1) is 6.61 Å². The van der Waals surface area contributed by atoms with Crippen LogP contribution in [0.25, 0.3) is 0 Å². The molecule has 0 spiro atoms. The van der Waals surface area contributed by atoms with Crippen molar-refractivity contribution in [3.63, 3.8) is 0 Å². The number of ether oxygens (including phenoxy) is 1. The van der Waals surface area contributed by atoms with Crippen molar-refractivity contribution in [2.45, 2.75) is 32.7 Å². The van der Waals surface area contributed by atoms with Gasteiger partial charge in [-0.1, -0.05) is 6.92 Å². The molecule has 1 N–H and O–H groups in total. The van der Waals surface area contributed by atoms with E-state index >= 15 is 0 Å². The van der Waals surface area contributed by atoms with Gasteiger partial charge in [0.1, 0.15) is 6.04 Å². The number of carbonyl (C=O) groups excluding carboxylic acids is 2. The Morgan fingerprint density at radius 3 is 2.44 bits per heavy atom. The Hall–Kier alpha value is -1.10. The lowest BCUT2D eigenvalue weighted by Crippen LogP contribution is -2.40. The van der Waals surface area contributed by atoms with Gasteiger partial charge in [-0.2, -0.15) is 0 Å². The molecule has 0 fully saturated rings. The van der Waals surface area contributed by atoms with Gasteiger partial charge in [-0.05, 0) is 20.4 Å². The van der Waals surface area contributed by atoms with E-state index in [0.717, 1.165) is 0 Å². The summed E-state index contributed by atoms with van der Waals surface area (Å²) in [6.07, 6.45) is 1.08. The highest BCUT2D eigenvalue weighted by Gasteiger charge is 2.22. The van der Waals surface area contributed by atoms with E-state index in [9.17, 15) is 9.59 Å². The first kappa shape index (κ1) is 14.9. The van der Waals surface area contributed by atoms with E-state index < -0.39 is 0 Å². The summed E-state index contributed by atoms with van der Waals surface area (Å²) in [6.45, 7) is 4.66. The molecule has 0 aliphatic heterocycles. The van der Waals surface area contributed by atoms with Crippen LogP contribution in [0.2, 0.25) is 0 Å². The number of likely N-dealkylation sites (N-methyl/N-ethyl adjacent to an activating group) is 1. The minimum Gasteiger partial charge on any atom is -0.465 e. The van der Waals surface area contributed by atoms with E-state index in [1.807, 2.05) is 18.9 Å². The van der Waals surface area contributed by atoms with Crippen LogP contribution in [-0.4, -0.2) is 50.1 Å². The Morgan fingerprint density at radius 1 is 1.38 bits per heavy atom. The van der Waals surface area contributed by atoms with Crippen LogP contribution in [0.1, 0.15) is 26.7 Å². The molecule has 0 bridgehead atoms. The highest BCUT2D eigenvalue weighted by atomic mass is 16.5. The molecule has 0 saturated carbocycles. The molecule has 0 rings (SSSR count). The quantitative estimate of drug-likeness (QED) is 0.643. The number of nitrogens with one attached hydrogen (secondary N) is 1. The molecule has 0 aromatic carbocycles. The van der Waals surface area contributed by atoms with Gasteiger partial charge in [0, 0.05) is 20.0 Å². The molecule has 0 aromatic heterocycles. The predicted octanol–water partition coefficient (Wildman–Crippen LogP) is 0.396. The zero-order valence-electron chi connectivity index (χ0n) is 10.6. The number of hydrogen-bond donors (Lipinski definition) is 1. The number of amides is 1. The number of carbonyl (C=O) groups is 2. The Balaban J connectivity index is 4.14. The van der Waals surface area contributed by atoms with Crippen molar-refractivity contribution in [3.05, 3.63) is 0 Å². The summed E-state index contributed by atoms with van der Waals surface area (Å²) in [5.41, 5.74) is 0. The van der Waals surface area contributed by atoms with Crippen LogP contribution in [-0.2, 0) is 14.3 Å². The van der Waals surface area contributed by atoms with E-state index in [0.29, 0.717) is 26.0 Å². The standard InChI is InChI=1S/C11H22N2O3/c1-5-9(11(15)16-6-2)13(4)8-7-10(14)12-3/h9H,5-8H2,1-4H3,(H,12,14). The average molecular weight is 230 g/mol. The van der Waals surface area contributed by atoms with Crippen LogP contribution >= 0.6 is 0 Å². The second kappa shape index (κ2) is 8.10. The van der Waals surface area contributed by atoms with E-state index in [4.69, 9.17) is 4.74 Å². The molecular formula is C11H22N2O3. The van der Waals surface area contributed by atoms with Gasteiger partial charge in [-0.25, -0.2) is 0 Å². The van der Waals surface area contributed by atoms with Gasteiger partial charge in [0.25, 0.3) is 0 Å². The summed E-state index contributed by atoms with van der Waals surface area (Å²) in [6, 6.07) is -0.260. The zero-order chi connectivity index (χ0) is 12.6. The van der Waals surface area contributed by atoms with Crippen LogP contribution in [0.4, 0.5) is 0 Å². The molecule has 5 heteroatoms. The predicted molar refractivity (Wildman–Crippen MR) is 62.0 cm³/mol. The van der Waals surface area contributed by atoms with Gasteiger partial charge in [-0.3, -0.25) is 14.5 Å². The van der Waals surface area contributed by atoms with Crippen molar-refractivity contribution >= 4 is 11.9 Å². The summed E-state index contributed by atoms with van der Waals surface area (Å²) in [4.78, 5) is 24.5. The minimum absolute atomic E-state index is 0.0226. The number of nitrogens with zero attached hydrogens (tertiary/aromatic N) is 1. The topological polar surface area (TPSA) is 58.6 Å². The summed E-state index contributed by atoms with van der Waals surface area (Å²) in [5, 5.41) is 2.55. The van der Waals surface area contributed by atoms with Crippen LogP contribution in [0.5, 0.6) is 0 Å². The summed E-state index contributed by atoms with van der Waals surface area (Å²) in [5.74, 6) is -0.241. The van der Waals surface area contributed by atoms with Crippen molar-refractivity contribution < 1.29 is 14.3 Å². The highest BCUT2D eigenvalue weighted by Crippen LogP contribution is 2.05. The fourth-order valence-electron chi connectivity index (χ4n) is 1.46. The van der Waals surface area contributed by atoms with Gasteiger partial charge in [0.15, 0.2) is 0 Å². The molecule has 0 heterocycles. The lowest BCUT2D eigenvalue weighted by molar-refractivity contribution is -0.149. The fraction of sp³-hybridized carbons (Fsp3) is 0.818. The number of hydrogen-bond acceptors (Lipinski definition) is 4. The van der Waals surface area contributed by atoms with Crippen molar-refractivity contribution in [2.24, 2.45) is 0 Å². The van der Waals surface area contributed by atoms with E-state index in [-0.39, 0.29) is 17.9 Å². The van der Waals surface area contributed by atoms with Crippen molar-refractivity contribution in [1.82, 2.24) is 10.2 Å². The lowest BCUT2D eigenvalue weighted by Gasteiger charge is -2.24. The fourth-order valence-corrected chi connectivity index (χ4v) is 1.46. The average Bonchev–Trinajstić information content (AvgIpc) is 2.27. The van der Waals surface area contributed by atoms with Crippen LogP contribution < -0.4 is 5.32 Å². The monoisotopic (exact) mass is 230 g/mol. The van der Waals surface area contributed by atoms with Crippen LogP contribution in [0.15, 0.2) is 0 Å². The molecule has 0 aliphatic carbocycles. The maximum atomic E-state index is 11.6. The van der Waals surface area contributed by atoms with Crippen molar-refractivity contribution in [3.8, 4) is 0 Å². The Kier molecular flexibility index (Phi) is 7.54. The van der Waals surface area contributed by atoms with Crippen molar-refractivity contribution in [1.29, 1.82) is 0 Å². The normalized spacial score (nSPS) is 12.3. The summed E-state index contributed by atoms with van der Waals surface area (Å²) >= 11 is 0. The molecule has 0 aliphatic rings. The number of rotatable bonds is 7. The molecule has 94 valence electrons. The van der Waals surface area contributed by atoms with Gasteiger partial charge < -0.3 is 10.1 Å². The third-order valence-corrected chi connectivity index (χ3v) is 2.45. The summed E-state index contributed by atoms with van der Waals surface area (Å²) < 4.78 is 4.97. The lowest BCUT2D eigenvalue weighted by atomic mass is 10.2. The first-order valence-corrected chi connectivity index (χ1v) is 5.64. The highest BCUT2D eigenvalue weighted by molar-refractivity contribution is 5.77. The SMILES string of the molecule is CCOC(=O)C(CC)N(C)CCC(=O)NC. The van der Waals surface area contributed by atoms with Gasteiger partial charge in [-0.15, -0.1) is 0 Å². The molecule has 1 amide bonds. The molecule has 1 atom stereocenters. The number of esters is 1. The van der Waals surface area contributed by atoms with Crippen LogP contribution in [0.3, 0.4) is 0 Å². The maximum absolute atomic E-state index is 11.6. The molecule has 0 saturated heterocycles. The second-order valence-electron chi connectivity index (χ2n) is 3.58. The molecule has 0 radical (unpaired) electrons. The maximum Gasteiger partial charge on any atom is 0.323 e. The molecule has 5 nitrogen and oxygen atoms in total. The van der Waals surface area contributed by atoms with E-state index in [1.54, 1.807) is 14.0 Å². The van der Waals surface area contributed by atoms with E-state index in [1.165, 1.54) is 0 Å². The zero-order valence-corrected chi connectivity index (χ0v) is 10.6. The van der Waals surface area contributed by atoms with E-state index in [2.05, 4.69) is 5.32 Å². The van der Waals surface area contributed by atoms with Crippen molar-refractivity contribution in [2.75, 3.05) is 27.2 Å². The molecule has 16 heavy (non-hydrogen) atoms. The Morgan fingerprint density at radius 2 is 2.00 bits per heavy atom. The molecule has 0 aromatic rings. The minimum atomic E-state index is -0.260. The Bertz CT molecular complexity index is 231. The Labute approximate surface area is 97.1 Å². The van der Waals surface area contributed by atoms with Crippen LogP contribution in [0, 0.1) is 0 Å². The smallest absolute Gasteiger partial charge is 0.323 e. The second-order valence-corrected chi connectivity index (χ2v) is 3.58. The first-order valence-electron chi connectivity index (χ1n) is 5.64. The first-order chi connectivity index (χ1) is 7.56. The van der Waals surface area contributed by atoms with Gasteiger partial charge >= 0.3 is 5.97 Å².